The minimum atomic E-state index is 0.0904. The van der Waals surface area contributed by atoms with Crippen molar-refractivity contribution < 1.29 is 9.53 Å². The summed E-state index contributed by atoms with van der Waals surface area (Å²) in [7, 11) is 1.63. The number of anilines is 2. The van der Waals surface area contributed by atoms with E-state index in [1.807, 2.05) is 47.4 Å². The Morgan fingerprint density at radius 3 is 2.95 bits per heavy atom. The Morgan fingerprint density at radius 1 is 1.29 bits per heavy atom. The summed E-state index contributed by atoms with van der Waals surface area (Å²) in [5.41, 5.74) is 9.60. The normalized spacial score (nSPS) is 13.1. The Hall–Kier alpha value is -2.49. The molecular formula is C17H18N2O2. The zero-order chi connectivity index (χ0) is 14.8. The Balaban J connectivity index is 1.80. The highest BCUT2D eigenvalue weighted by molar-refractivity contribution is 5.97. The number of carbonyl (C=O) groups is 1. The second kappa shape index (κ2) is 5.48. The third-order valence-corrected chi connectivity index (χ3v) is 3.80. The summed E-state index contributed by atoms with van der Waals surface area (Å²) in [5, 5.41) is 0. The lowest BCUT2D eigenvalue weighted by Gasteiger charge is -2.18. The van der Waals surface area contributed by atoms with Crippen LogP contribution in [0.5, 0.6) is 5.75 Å². The zero-order valence-electron chi connectivity index (χ0n) is 12.0. The fourth-order valence-corrected chi connectivity index (χ4v) is 2.71. The first-order valence-electron chi connectivity index (χ1n) is 6.99. The Bertz CT molecular complexity index is 682. The molecule has 0 aromatic heterocycles. The Labute approximate surface area is 124 Å². The second-order valence-electron chi connectivity index (χ2n) is 5.21. The first-order valence-corrected chi connectivity index (χ1v) is 6.99. The molecule has 0 fully saturated rings. The highest BCUT2D eigenvalue weighted by Gasteiger charge is 2.24. The smallest absolute Gasteiger partial charge is 0.231 e. The molecule has 2 N–H and O–H groups in total. The van der Waals surface area contributed by atoms with Crippen LogP contribution in [0, 0.1) is 0 Å². The monoisotopic (exact) mass is 282 g/mol. The van der Waals surface area contributed by atoms with Crippen LogP contribution in [-0.4, -0.2) is 19.6 Å². The molecule has 2 aromatic rings. The van der Waals surface area contributed by atoms with Crippen LogP contribution in [0.1, 0.15) is 11.1 Å². The van der Waals surface area contributed by atoms with E-state index >= 15 is 0 Å². The maximum atomic E-state index is 12.5. The van der Waals surface area contributed by atoms with Gasteiger partial charge < -0.3 is 15.4 Å². The third-order valence-electron chi connectivity index (χ3n) is 3.80. The molecule has 3 rings (SSSR count). The fraction of sp³-hybridized carbons (Fsp3) is 0.235. The van der Waals surface area contributed by atoms with Crippen LogP contribution in [0.3, 0.4) is 0 Å². The third kappa shape index (κ3) is 2.70. The van der Waals surface area contributed by atoms with E-state index in [9.17, 15) is 4.79 Å². The Kier molecular flexibility index (Phi) is 3.52. The van der Waals surface area contributed by atoms with Crippen LogP contribution in [-0.2, 0) is 17.6 Å². The van der Waals surface area contributed by atoms with Crippen LogP contribution in [0.2, 0.25) is 0 Å². The molecule has 4 heteroatoms. The van der Waals surface area contributed by atoms with Gasteiger partial charge in [0.2, 0.25) is 5.91 Å². The largest absolute Gasteiger partial charge is 0.497 e. The minimum Gasteiger partial charge on any atom is -0.497 e. The van der Waals surface area contributed by atoms with Crippen molar-refractivity contribution in [3.05, 3.63) is 53.6 Å². The van der Waals surface area contributed by atoms with Gasteiger partial charge in [-0.2, -0.15) is 0 Å². The van der Waals surface area contributed by atoms with Crippen LogP contribution in [0.4, 0.5) is 11.4 Å². The molecule has 1 aliphatic rings. The van der Waals surface area contributed by atoms with Crippen molar-refractivity contribution in [3.8, 4) is 5.75 Å². The van der Waals surface area contributed by atoms with Gasteiger partial charge in [0.1, 0.15) is 5.75 Å². The van der Waals surface area contributed by atoms with Crippen molar-refractivity contribution in [2.24, 2.45) is 0 Å². The van der Waals surface area contributed by atoms with Gasteiger partial charge in [-0.25, -0.2) is 0 Å². The topological polar surface area (TPSA) is 55.6 Å². The van der Waals surface area contributed by atoms with Crippen molar-refractivity contribution in [2.75, 3.05) is 24.3 Å². The number of amides is 1. The fourth-order valence-electron chi connectivity index (χ4n) is 2.71. The molecule has 1 heterocycles. The lowest BCUT2D eigenvalue weighted by atomic mass is 10.1. The molecular weight excluding hydrogens is 264 g/mol. The van der Waals surface area contributed by atoms with Gasteiger partial charge in [0.05, 0.1) is 13.5 Å². The molecule has 21 heavy (non-hydrogen) atoms. The number of benzene rings is 2. The summed E-state index contributed by atoms with van der Waals surface area (Å²) in [5.74, 6) is 0.860. The van der Waals surface area contributed by atoms with Crippen LogP contribution >= 0.6 is 0 Å². The van der Waals surface area contributed by atoms with Crippen molar-refractivity contribution in [1.29, 1.82) is 0 Å². The number of ether oxygens (including phenoxy) is 1. The molecule has 0 radical (unpaired) electrons. The summed E-state index contributed by atoms with van der Waals surface area (Å²) in [6, 6.07) is 13.4. The van der Waals surface area contributed by atoms with Gasteiger partial charge >= 0.3 is 0 Å². The van der Waals surface area contributed by atoms with Gasteiger partial charge in [-0.15, -0.1) is 0 Å². The summed E-state index contributed by atoms with van der Waals surface area (Å²) in [4.78, 5) is 14.4. The molecule has 1 amide bonds. The molecule has 0 spiro atoms. The molecule has 108 valence electrons. The summed E-state index contributed by atoms with van der Waals surface area (Å²) < 4.78 is 5.19. The number of rotatable bonds is 3. The van der Waals surface area contributed by atoms with Gasteiger partial charge in [-0.1, -0.05) is 18.2 Å². The van der Waals surface area contributed by atoms with E-state index in [4.69, 9.17) is 10.5 Å². The first-order chi connectivity index (χ1) is 10.2. The van der Waals surface area contributed by atoms with E-state index in [1.165, 1.54) is 5.56 Å². The summed E-state index contributed by atoms with van der Waals surface area (Å²) in [6.45, 7) is 0.724. The summed E-state index contributed by atoms with van der Waals surface area (Å²) in [6.07, 6.45) is 1.25. The van der Waals surface area contributed by atoms with Gasteiger partial charge in [-0.05, 0) is 41.8 Å². The van der Waals surface area contributed by atoms with Gasteiger partial charge in [-0.3, -0.25) is 4.79 Å². The molecule has 1 aliphatic heterocycles. The maximum absolute atomic E-state index is 12.5. The number of hydrogen-bond acceptors (Lipinski definition) is 3. The molecule has 0 unspecified atom stereocenters. The molecule has 0 bridgehead atoms. The second-order valence-corrected chi connectivity index (χ2v) is 5.21. The lowest BCUT2D eigenvalue weighted by Crippen LogP contribution is -2.30. The standard InChI is InChI=1S/C17H18N2O2/c1-21-15-4-2-3-12(9-15)10-17(20)19-8-7-13-5-6-14(18)11-16(13)19/h2-6,9,11H,7-8,10,18H2,1H3. The average Bonchev–Trinajstić information content (AvgIpc) is 2.90. The zero-order valence-corrected chi connectivity index (χ0v) is 12.0. The van der Waals surface area contributed by atoms with Gasteiger partial charge in [0, 0.05) is 17.9 Å². The van der Waals surface area contributed by atoms with Crippen LogP contribution < -0.4 is 15.4 Å². The quantitative estimate of drug-likeness (QED) is 0.880. The highest BCUT2D eigenvalue weighted by Crippen LogP contribution is 2.30. The van der Waals surface area contributed by atoms with Crippen LogP contribution in [0.25, 0.3) is 0 Å². The predicted octanol–water partition coefficient (Wildman–Crippen LogP) is 2.41. The Morgan fingerprint density at radius 2 is 2.14 bits per heavy atom. The number of nitrogens with two attached hydrogens (primary N) is 1. The highest BCUT2D eigenvalue weighted by atomic mass is 16.5. The number of carbonyl (C=O) groups excluding carboxylic acids is 1. The van der Waals surface area contributed by atoms with Crippen molar-refractivity contribution in [1.82, 2.24) is 0 Å². The van der Waals surface area contributed by atoms with E-state index in [0.717, 1.165) is 30.0 Å². The number of methoxy groups -OCH3 is 1. The number of fused-ring (bicyclic) bond motifs is 1. The molecule has 2 aromatic carbocycles. The average molecular weight is 282 g/mol. The van der Waals surface area contributed by atoms with Gasteiger partial charge in [0.15, 0.2) is 0 Å². The van der Waals surface area contributed by atoms with E-state index in [2.05, 4.69) is 0 Å². The lowest BCUT2D eigenvalue weighted by molar-refractivity contribution is -0.117. The summed E-state index contributed by atoms with van der Waals surface area (Å²) >= 11 is 0. The first kappa shape index (κ1) is 13.5. The van der Waals surface area contributed by atoms with E-state index in [0.29, 0.717) is 12.1 Å². The maximum Gasteiger partial charge on any atom is 0.231 e. The van der Waals surface area contributed by atoms with E-state index in [1.54, 1.807) is 7.11 Å². The van der Waals surface area contributed by atoms with E-state index < -0.39 is 0 Å². The number of nitrogens with zero attached hydrogens (tertiary/aromatic N) is 1. The van der Waals surface area contributed by atoms with Crippen molar-refractivity contribution in [2.45, 2.75) is 12.8 Å². The van der Waals surface area contributed by atoms with Crippen LogP contribution in [0.15, 0.2) is 42.5 Å². The molecule has 0 aliphatic carbocycles. The number of hydrogen-bond donors (Lipinski definition) is 1. The predicted molar refractivity (Wildman–Crippen MR) is 83.6 cm³/mol. The SMILES string of the molecule is COc1cccc(CC(=O)N2CCc3ccc(N)cc32)c1. The molecule has 4 nitrogen and oxygen atoms in total. The van der Waals surface area contributed by atoms with E-state index in [-0.39, 0.29) is 5.91 Å². The van der Waals surface area contributed by atoms with Gasteiger partial charge in [0.25, 0.3) is 0 Å². The number of nitrogen functional groups attached to an aromatic ring is 1. The van der Waals surface area contributed by atoms with Crippen molar-refractivity contribution in [3.63, 3.8) is 0 Å². The molecule has 0 saturated carbocycles. The minimum absolute atomic E-state index is 0.0904. The van der Waals surface area contributed by atoms with Crippen molar-refractivity contribution >= 4 is 17.3 Å². The molecule has 0 atom stereocenters. The molecule has 0 saturated heterocycles.